The molecule has 1 saturated heterocycles. The van der Waals surface area contributed by atoms with Crippen molar-refractivity contribution in [3.05, 3.63) is 102 Å². The topological polar surface area (TPSA) is 79.8 Å². The van der Waals surface area contributed by atoms with Crippen LogP contribution in [0.25, 0.3) is 10.9 Å². The number of rotatable bonds is 9. The maximum absolute atomic E-state index is 13.4. The fourth-order valence-electron chi connectivity index (χ4n) is 5.12. The molecule has 202 valence electrons. The van der Waals surface area contributed by atoms with Crippen molar-refractivity contribution in [2.24, 2.45) is 0 Å². The Hall–Kier alpha value is -3.75. The molecule has 1 fully saturated rings. The molecule has 0 saturated carbocycles. The van der Waals surface area contributed by atoms with Gasteiger partial charge >= 0.3 is 0 Å². The lowest BCUT2D eigenvalue weighted by atomic mass is 10.1. The monoisotopic (exact) mass is 543 g/mol. The van der Waals surface area contributed by atoms with Gasteiger partial charge in [-0.2, -0.15) is 0 Å². The molecule has 1 amide bonds. The summed E-state index contributed by atoms with van der Waals surface area (Å²) < 4.78 is 32.3. The summed E-state index contributed by atoms with van der Waals surface area (Å²) in [6.45, 7) is 4.02. The van der Waals surface area contributed by atoms with Gasteiger partial charge in [0.15, 0.2) is 9.84 Å². The number of hydrogen-bond acceptors (Lipinski definition) is 6. The van der Waals surface area contributed by atoms with Gasteiger partial charge in [-0.15, -0.1) is 0 Å². The molecule has 7 nitrogen and oxygen atoms in total. The van der Waals surface area contributed by atoms with Gasteiger partial charge in [-0.3, -0.25) is 14.7 Å². The van der Waals surface area contributed by atoms with Crippen LogP contribution in [0, 0.1) is 0 Å². The van der Waals surface area contributed by atoms with E-state index in [0.717, 1.165) is 37.9 Å². The van der Waals surface area contributed by atoms with Crippen molar-refractivity contribution in [1.82, 2.24) is 14.8 Å². The Morgan fingerprint density at radius 2 is 1.69 bits per heavy atom. The SMILES string of the molecule is COc1cc(C(=O)N2CCN(CCCc3ccccc3)CC2)ccc1CS(=O)(=O)c1cccc2cccnc12. The van der Waals surface area contributed by atoms with Gasteiger partial charge in [0.05, 0.1) is 23.3 Å². The number of aryl methyl sites for hydroxylation is 1. The van der Waals surface area contributed by atoms with E-state index in [1.54, 1.807) is 42.6 Å². The minimum absolute atomic E-state index is 0.0649. The molecule has 8 heteroatoms. The van der Waals surface area contributed by atoms with Gasteiger partial charge in [0.25, 0.3) is 5.91 Å². The van der Waals surface area contributed by atoms with Crippen LogP contribution in [-0.2, 0) is 22.0 Å². The van der Waals surface area contributed by atoms with Crippen molar-refractivity contribution < 1.29 is 17.9 Å². The van der Waals surface area contributed by atoms with Crippen LogP contribution in [-0.4, -0.2) is 68.9 Å². The van der Waals surface area contributed by atoms with Gasteiger partial charge in [0.1, 0.15) is 5.75 Å². The number of hydrogen-bond donors (Lipinski definition) is 0. The van der Waals surface area contributed by atoms with Crippen molar-refractivity contribution >= 4 is 26.6 Å². The fourth-order valence-corrected chi connectivity index (χ4v) is 6.67. The second-order valence-electron chi connectivity index (χ2n) is 9.84. The van der Waals surface area contributed by atoms with E-state index in [2.05, 4.69) is 34.1 Å². The normalized spacial score (nSPS) is 14.4. The van der Waals surface area contributed by atoms with E-state index in [1.807, 2.05) is 23.1 Å². The van der Waals surface area contributed by atoms with E-state index in [4.69, 9.17) is 4.74 Å². The standard InChI is InChI=1S/C31H33N3O4S/c1-38-28-22-26(31(35)34-20-18-33(19-21-34)17-7-10-24-8-3-2-4-9-24)14-15-27(28)23-39(36,37)29-13-5-11-25-12-6-16-32-30(25)29/h2-6,8-9,11-16,22H,7,10,17-21,23H2,1H3. The van der Waals surface area contributed by atoms with Crippen molar-refractivity contribution in [2.45, 2.75) is 23.5 Å². The number of pyridine rings is 1. The number of benzene rings is 3. The molecule has 1 aromatic heterocycles. The summed E-state index contributed by atoms with van der Waals surface area (Å²) in [6.07, 6.45) is 3.74. The largest absolute Gasteiger partial charge is 0.496 e. The number of amides is 1. The van der Waals surface area contributed by atoms with Crippen LogP contribution in [0.4, 0.5) is 0 Å². The molecule has 3 aromatic carbocycles. The summed E-state index contributed by atoms with van der Waals surface area (Å²) in [7, 11) is -2.21. The van der Waals surface area contributed by atoms with E-state index in [-0.39, 0.29) is 16.6 Å². The van der Waals surface area contributed by atoms with Crippen molar-refractivity contribution in [3.63, 3.8) is 0 Å². The molecule has 0 spiro atoms. The summed E-state index contributed by atoms with van der Waals surface area (Å²) in [5.41, 5.74) is 2.80. The summed E-state index contributed by atoms with van der Waals surface area (Å²) in [4.78, 5) is 22.0. The van der Waals surface area contributed by atoms with Gasteiger partial charge < -0.3 is 9.64 Å². The molecule has 2 heterocycles. The highest BCUT2D eigenvalue weighted by Gasteiger charge is 2.25. The minimum Gasteiger partial charge on any atom is -0.496 e. The van der Waals surface area contributed by atoms with Crippen LogP contribution in [0.5, 0.6) is 5.75 Å². The summed E-state index contributed by atoms with van der Waals surface area (Å²) >= 11 is 0. The number of nitrogens with zero attached hydrogens (tertiary/aromatic N) is 3. The van der Waals surface area contributed by atoms with Gasteiger partial charge in [0.2, 0.25) is 0 Å². The first-order chi connectivity index (χ1) is 18.9. The molecule has 0 unspecified atom stereocenters. The number of carbonyl (C=O) groups excluding carboxylic acids is 1. The average Bonchev–Trinajstić information content (AvgIpc) is 2.97. The molecule has 0 bridgehead atoms. The molecule has 0 radical (unpaired) electrons. The number of carbonyl (C=O) groups is 1. The van der Waals surface area contributed by atoms with Crippen LogP contribution < -0.4 is 4.74 Å². The molecule has 0 aliphatic carbocycles. The first kappa shape index (κ1) is 26.8. The Balaban J connectivity index is 1.22. The van der Waals surface area contributed by atoms with E-state index < -0.39 is 9.84 Å². The van der Waals surface area contributed by atoms with E-state index in [0.29, 0.717) is 35.5 Å². The Morgan fingerprint density at radius 1 is 0.923 bits per heavy atom. The van der Waals surface area contributed by atoms with Crippen molar-refractivity contribution in [1.29, 1.82) is 0 Å². The quantitative estimate of drug-likeness (QED) is 0.307. The summed E-state index contributed by atoms with van der Waals surface area (Å²) in [6, 6.07) is 24.3. The first-order valence-electron chi connectivity index (χ1n) is 13.2. The third-order valence-corrected chi connectivity index (χ3v) is 8.94. The second kappa shape index (κ2) is 12.0. The van der Waals surface area contributed by atoms with Crippen LogP contribution in [0.3, 0.4) is 0 Å². The van der Waals surface area contributed by atoms with Crippen molar-refractivity contribution in [3.8, 4) is 5.75 Å². The van der Waals surface area contributed by atoms with Crippen molar-refractivity contribution in [2.75, 3.05) is 39.8 Å². The Labute approximate surface area is 230 Å². The number of fused-ring (bicyclic) bond motifs is 1. The highest BCUT2D eigenvalue weighted by atomic mass is 32.2. The van der Waals surface area contributed by atoms with Crippen LogP contribution in [0.1, 0.15) is 27.9 Å². The smallest absolute Gasteiger partial charge is 0.254 e. The van der Waals surface area contributed by atoms with E-state index >= 15 is 0 Å². The van der Waals surface area contributed by atoms with E-state index in [1.165, 1.54) is 12.7 Å². The summed E-state index contributed by atoms with van der Waals surface area (Å²) in [5, 5.41) is 0.766. The zero-order chi connectivity index (χ0) is 27.2. The Kier molecular flexibility index (Phi) is 8.24. The second-order valence-corrected chi connectivity index (χ2v) is 11.8. The Bertz CT molecular complexity index is 1540. The molecule has 1 aliphatic heterocycles. The zero-order valence-electron chi connectivity index (χ0n) is 22.1. The van der Waals surface area contributed by atoms with E-state index in [9.17, 15) is 13.2 Å². The number of ether oxygens (including phenoxy) is 1. The number of piperazine rings is 1. The van der Waals surface area contributed by atoms with Gasteiger partial charge in [-0.25, -0.2) is 8.42 Å². The average molecular weight is 544 g/mol. The third-order valence-electron chi connectivity index (χ3n) is 7.25. The fraction of sp³-hybridized carbons (Fsp3) is 0.290. The molecular weight excluding hydrogens is 510 g/mol. The third kappa shape index (κ3) is 6.29. The van der Waals surface area contributed by atoms with Gasteiger partial charge in [-0.05, 0) is 49.2 Å². The highest BCUT2D eigenvalue weighted by Crippen LogP contribution is 2.29. The molecule has 39 heavy (non-hydrogen) atoms. The number of sulfone groups is 1. The molecule has 1 aliphatic rings. The number of para-hydroxylation sites is 1. The molecule has 4 aromatic rings. The maximum Gasteiger partial charge on any atom is 0.254 e. The molecule has 0 atom stereocenters. The predicted octanol–water partition coefficient (Wildman–Crippen LogP) is 4.61. The lowest BCUT2D eigenvalue weighted by molar-refractivity contribution is 0.0635. The zero-order valence-corrected chi connectivity index (χ0v) is 22.9. The lowest BCUT2D eigenvalue weighted by Gasteiger charge is -2.34. The maximum atomic E-state index is 13.4. The Morgan fingerprint density at radius 3 is 2.46 bits per heavy atom. The number of aromatic nitrogens is 1. The van der Waals surface area contributed by atoms with Gasteiger partial charge in [-0.1, -0.05) is 54.6 Å². The molecule has 5 rings (SSSR count). The van der Waals surface area contributed by atoms with Crippen LogP contribution in [0.2, 0.25) is 0 Å². The van der Waals surface area contributed by atoms with Crippen LogP contribution >= 0.6 is 0 Å². The first-order valence-corrected chi connectivity index (χ1v) is 14.9. The highest BCUT2D eigenvalue weighted by molar-refractivity contribution is 7.90. The predicted molar refractivity (Wildman–Crippen MR) is 153 cm³/mol. The minimum atomic E-state index is -3.70. The van der Waals surface area contributed by atoms with Crippen LogP contribution in [0.15, 0.2) is 90.0 Å². The van der Waals surface area contributed by atoms with Gasteiger partial charge in [0, 0.05) is 48.9 Å². The summed E-state index contributed by atoms with van der Waals surface area (Å²) in [5.74, 6) is 0.0733. The number of methoxy groups -OCH3 is 1. The lowest BCUT2D eigenvalue weighted by Crippen LogP contribution is -2.48. The molecule has 0 N–H and O–H groups in total. The molecular formula is C31H33N3O4S.